The summed E-state index contributed by atoms with van der Waals surface area (Å²) in [5.74, 6) is 0.377. The standard InChI is InChI=1S/C18H32N2O2/c1-14(17(2,19)21-4)13-16(18(3,20)22-5)12-11-15-9-7-6-8-10-15/h6-10,14,16H,11-13,19-20H2,1-5H3. The average Bonchev–Trinajstić information content (AvgIpc) is 2.51. The lowest BCUT2D eigenvalue weighted by Gasteiger charge is -2.38. The molecule has 1 rings (SSSR count). The first-order valence-corrected chi connectivity index (χ1v) is 7.95. The van der Waals surface area contributed by atoms with Crippen LogP contribution in [0.1, 0.15) is 39.2 Å². The van der Waals surface area contributed by atoms with Gasteiger partial charge in [-0.15, -0.1) is 0 Å². The number of nitrogens with two attached hydrogens (primary N) is 2. The maximum Gasteiger partial charge on any atom is 0.116 e. The zero-order valence-corrected chi connectivity index (χ0v) is 14.6. The van der Waals surface area contributed by atoms with E-state index in [-0.39, 0.29) is 11.8 Å². The number of hydrogen-bond acceptors (Lipinski definition) is 4. The van der Waals surface area contributed by atoms with Crippen molar-refractivity contribution in [2.75, 3.05) is 14.2 Å². The molecule has 4 nitrogen and oxygen atoms in total. The summed E-state index contributed by atoms with van der Waals surface area (Å²) >= 11 is 0. The highest BCUT2D eigenvalue weighted by Gasteiger charge is 2.35. The van der Waals surface area contributed by atoms with E-state index in [1.54, 1.807) is 14.2 Å². The van der Waals surface area contributed by atoms with Gasteiger partial charge in [0.1, 0.15) is 11.4 Å². The molecule has 4 heteroatoms. The summed E-state index contributed by atoms with van der Waals surface area (Å²) in [5.41, 5.74) is 12.5. The normalized spacial score (nSPS) is 20.0. The van der Waals surface area contributed by atoms with Crippen molar-refractivity contribution in [3.8, 4) is 0 Å². The van der Waals surface area contributed by atoms with Crippen LogP contribution >= 0.6 is 0 Å². The molecule has 0 radical (unpaired) electrons. The quantitative estimate of drug-likeness (QED) is 0.688. The fourth-order valence-corrected chi connectivity index (χ4v) is 2.65. The van der Waals surface area contributed by atoms with E-state index in [0.717, 1.165) is 19.3 Å². The second-order valence-corrected chi connectivity index (χ2v) is 6.63. The number of benzene rings is 1. The highest BCUT2D eigenvalue weighted by molar-refractivity contribution is 5.14. The molecular formula is C18H32N2O2. The summed E-state index contributed by atoms with van der Waals surface area (Å²) in [7, 11) is 3.31. The SMILES string of the molecule is COC(C)(N)C(C)CC(CCc1ccccc1)C(C)(N)OC. The van der Waals surface area contributed by atoms with Crippen molar-refractivity contribution in [2.45, 2.75) is 51.5 Å². The number of rotatable bonds is 9. The Morgan fingerprint density at radius 1 is 1.00 bits per heavy atom. The van der Waals surface area contributed by atoms with Gasteiger partial charge in [0, 0.05) is 20.1 Å². The monoisotopic (exact) mass is 308 g/mol. The molecule has 0 saturated carbocycles. The first kappa shape index (κ1) is 19.1. The molecule has 0 aliphatic carbocycles. The molecule has 0 heterocycles. The molecule has 0 aromatic heterocycles. The Labute approximate surface area is 135 Å². The Morgan fingerprint density at radius 3 is 2.05 bits per heavy atom. The van der Waals surface area contributed by atoms with E-state index in [0.29, 0.717) is 0 Å². The molecule has 0 bridgehead atoms. The van der Waals surface area contributed by atoms with Gasteiger partial charge >= 0.3 is 0 Å². The first-order valence-electron chi connectivity index (χ1n) is 7.95. The molecule has 4 unspecified atom stereocenters. The van der Waals surface area contributed by atoms with Crippen LogP contribution in [0, 0.1) is 11.8 Å². The predicted molar refractivity (Wildman–Crippen MR) is 91.2 cm³/mol. The van der Waals surface area contributed by atoms with Crippen molar-refractivity contribution in [1.82, 2.24) is 0 Å². The average molecular weight is 308 g/mol. The van der Waals surface area contributed by atoms with Crippen LogP contribution in [-0.2, 0) is 15.9 Å². The van der Waals surface area contributed by atoms with Crippen molar-refractivity contribution in [3.05, 3.63) is 35.9 Å². The van der Waals surface area contributed by atoms with Gasteiger partial charge in [-0.25, -0.2) is 0 Å². The van der Waals surface area contributed by atoms with Crippen LogP contribution in [0.2, 0.25) is 0 Å². The second kappa shape index (κ2) is 8.06. The van der Waals surface area contributed by atoms with E-state index < -0.39 is 11.4 Å². The van der Waals surface area contributed by atoms with Crippen LogP contribution in [0.15, 0.2) is 30.3 Å². The van der Waals surface area contributed by atoms with Crippen molar-refractivity contribution in [2.24, 2.45) is 23.3 Å². The third kappa shape index (κ3) is 5.36. The van der Waals surface area contributed by atoms with Gasteiger partial charge in [-0.05, 0) is 44.6 Å². The van der Waals surface area contributed by atoms with E-state index in [2.05, 4.69) is 31.2 Å². The van der Waals surface area contributed by atoms with Gasteiger partial charge < -0.3 is 20.9 Å². The smallest absolute Gasteiger partial charge is 0.116 e. The molecule has 0 spiro atoms. The molecule has 0 fully saturated rings. The molecule has 0 aliphatic heterocycles. The first-order chi connectivity index (χ1) is 10.2. The fourth-order valence-electron chi connectivity index (χ4n) is 2.65. The maximum atomic E-state index is 6.35. The maximum absolute atomic E-state index is 6.35. The third-order valence-corrected chi connectivity index (χ3v) is 4.93. The minimum absolute atomic E-state index is 0.177. The molecule has 22 heavy (non-hydrogen) atoms. The van der Waals surface area contributed by atoms with Gasteiger partial charge in [0.15, 0.2) is 0 Å². The van der Waals surface area contributed by atoms with E-state index in [9.17, 15) is 0 Å². The summed E-state index contributed by atoms with van der Waals surface area (Å²) in [5, 5.41) is 0. The van der Waals surface area contributed by atoms with E-state index >= 15 is 0 Å². The zero-order valence-electron chi connectivity index (χ0n) is 14.6. The molecule has 1 aromatic rings. The Balaban J connectivity index is 2.77. The van der Waals surface area contributed by atoms with E-state index in [4.69, 9.17) is 20.9 Å². The van der Waals surface area contributed by atoms with Gasteiger partial charge in [0.2, 0.25) is 0 Å². The molecule has 126 valence electrons. The highest BCUT2D eigenvalue weighted by Crippen LogP contribution is 2.31. The number of methoxy groups -OCH3 is 2. The molecule has 0 saturated heterocycles. The van der Waals surface area contributed by atoms with Gasteiger partial charge in [0.05, 0.1) is 0 Å². The van der Waals surface area contributed by atoms with Crippen LogP contribution in [0.3, 0.4) is 0 Å². The van der Waals surface area contributed by atoms with Gasteiger partial charge in [-0.1, -0.05) is 37.3 Å². The van der Waals surface area contributed by atoms with Crippen LogP contribution < -0.4 is 11.5 Å². The summed E-state index contributed by atoms with van der Waals surface area (Å²) in [6.45, 7) is 5.95. The summed E-state index contributed by atoms with van der Waals surface area (Å²) in [6.07, 6.45) is 2.78. The molecule has 1 aromatic carbocycles. The molecule has 0 amide bonds. The molecule has 4 N–H and O–H groups in total. The Bertz CT molecular complexity index is 432. The van der Waals surface area contributed by atoms with Crippen molar-refractivity contribution < 1.29 is 9.47 Å². The lowest BCUT2D eigenvalue weighted by molar-refractivity contribution is -0.0782. The number of hydrogen-bond donors (Lipinski definition) is 2. The predicted octanol–water partition coefficient (Wildman–Crippen LogP) is 2.90. The fraction of sp³-hybridized carbons (Fsp3) is 0.667. The molecular weight excluding hydrogens is 276 g/mol. The number of aryl methyl sites for hydroxylation is 1. The third-order valence-electron chi connectivity index (χ3n) is 4.93. The van der Waals surface area contributed by atoms with Crippen molar-refractivity contribution in [3.63, 3.8) is 0 Å². The summed E-state index contributed by atoms with van der Waals surface area (Å²) in [4.78, 5) is 0. The van der Waals surface area contributed by atoms with Crippen LogP contribution in [-0.4, -0.2) is 25.7 Å². The van der Waals surface area contributed by atoms with Gasteiger partial charge in [0.25, 0.3) is 0 Å². The van der Waals surface area contributed by atoms with Crippen LogP contribution in [0.4, 0.5) is 0 Å². The van der Waals surface area contributed by atoms with Crippen molar-refractivity contribution in [1.29, 1.82) is 0 Å². The second-order valence-electron chi connectivity index (χ2n) is 6.63. The minimum atomic E-state index is -0.674. The van der Waals surface area contributed by atoms with Gasteiger partial charge in [-0.2, -0.15) is 0 Å². The molecule has 0 aliphatic rings. The van der Waals surface area contributed by atoms with Crippen molar-refractivity contribution >= 4 is 0 Å². The van der Waals surface area contributed by atoms with E-state index in [1.807, 2.05) is 19.9 Å². The Kier molecular flexibility index (Phi) is 7.00. The summed E-state index contributed by atoms with van der Waals surface area (Å²) in [6, 6.07) is 10.4. The van der Waals surface area contributed by atoms with Crippen LogP contribution in [0.25, 0.3) is 0 Å². The molecule has 4 atom stereocenters. The minimum Gasteiger partial charge on any atom is -0.364 e. The Hall–Kier alpha value is -0.940. The summed E-state index contributed by atoms with van der Waals surface area (Å²) < 4.78 is 10.9. The highest BCUT2D eigenvalue weighted by atomic mass is 16.5. The largest absolute Gasteiger partial charge is 0.364 e. The van der Waals surface area contributed by atoms with Crippen LogP contribution in [0.5, 0.6) is 0 Å². The van der Waals surface area contributed by atoms with Gasteiger partial charge in [-0.3, -0.25) is 0 Å². The zero-order chi connectivity index (χ0) is 16.8. The lowest BCUT2D eigenvalue weighted by Crippen LogP contribution is -2.51. The Morgan fingerprint density at radius 2 is 1.55 bits per heavy atom. The number of ether oxygens (including phenoxy) is 2. The topological polar surface area (TPSA) is 70.5 Å². The lowest BCUT2D eigenvalue weighted by atomic mass is 9.80. The van der Waals surface area contributed by atoms with E-state index in [1.165, 1.54) is 5.56 Å².